The summed E-state index contributed by atoms with van der Waals surface area (Å²) in [6.07, 6.45) is 4.94. The third-order valence-electron chi connectivity index (χ3n) is 2.02. The molecular weight excluding hydrogens is 256 g/mol. The summed E-state index contributed by atoms with van der Waals surface area (Å²) in [6, 6.07) is 3.52. The summed E-state index contributed by atoms with van der Waals surface area (Å²) in [7, 11) is 0. The van der Waals surface area contributed by atoms with Gasteiger partial charge in [0.25, 0.3) is 5.91 Å². The Labute approximate surface area is 98.4 Å². The summed E-state index contributed by atoms with van der Waals surface area (Å²) in [4.78, 5) is 15.6. The number of pyridine rings is 1. The Balaban J connectivity index is 2.40. The lowest BCUT2D eigenvalue weighted by molar-refractivity contribution is 0.0948. The van der Waals surface area contributed by atoms with Gasteiger partial charge in [-0.1, -0.05) is 35.7 Å². The smallest absolute Gasteiger partial charge is 0.269 e. The Kier molecular flexibility index (Phi) is 5.32. The van der Waals surface area contributed by atoms with Crippen molar-refractivity contribution in [2.45, 2.75) is 26.2 Å². The maximum absolute atomic E-state index is 11.6. The lowest BCUT2D eigenvalue weighted by atomic mass is 10.2. The van der Waals surface area contributed by atoms with E-state index in [1.54, 1.807) is 18.3 Å². The van der Waals surface area contributed by atoms with Crippen molar-refractivity contribution in [3.8, 4) is 0 Å². The van der Waals surface area contributed by atoms with E-state index < -0.39 is 0 Å². The van der Waals surface area contributed by atoms with Crippen LogP contribution in [0.1, 0.15) is 36.7 Å². The van der Waals surface area contributed by atoms with Crippen LogP contribution >= 0.6 is 15.9 Å². The highest BCUT2D eigenvalue weighted by molar-refractivity contribution is 9.10. The van der Waals surface area contributed by atoms with E-state index in [-0.39, 0.29) is 5.91 Å². The highest BCUT2D eigenvalue weighted by atomic mass is 79.9. The fourth-order valence-corrected chi connectivity index (χ4v) is 1.53. The number of hydrogen-bond acceptors (Lipinski definition) is 2. The molecule has 1 rings (SSSR count). The number of carbonyl (C=O) groups is 1. The van der Waals surface area contributed by atoms with Gasteiger partial charge in [-0.3, -0.25) is 9.78 Å². The van der Waals surface area contributed by atoms with Crippen molar-refractivity contribution in [2.75, 3.05) is 6.54 Å². The third-order valence-corrected chi connectivity index (χ3v) is 2.51. The Bertz CT molecular complexity index is 328. The molecule has 0 saturated heterocycles. The molecule has 0 saturated carbocycles. The zero-order valence-corrected chi connectivity index (χ0v) is 10.4. The van der Waals surface area contributed by atoms with Crippen molar-refractivity contribution < 1.29 is 4.79 Å². The van der Waals surface area contributed by atoms with Crippen molar-refractivity contribution in [1.82, 2.24) is 10.3 Å². The zero-order valence-electron chi connectivity index (χ0n) is 8.79. The molecule has 15 heavy (non-hydrogen) atoms. The van der Waals surface area contributed by atoms with Gasteiger partial charge in [0.05, 0.1) is 0 Å². The molecule has 1 heterocycles. The van der Waals surface area contributed by atoms with Gasteiger partial charge in [0.1, 0.15) is 5.69 Å². The molecule has 1 aromatic rings. The van der Waals surface area contributed by atoms with E-state index in [1.165, 1.54) is 0 Å². The van der Waals surface area contributed by atoms with Crippen molar-refractivity contribution in [1.29, 1.82) is 0 Å². The van der Waals surface area contributed by atoms with Gasteiger partial charge in [-0.05, 0) is 18.6 Å². The second-order valence-corrected chi connectivity index (χ2v) is 4.24. The molecular formula is C11H15BrN2O. The van der Waals surface area contributed by atoms with E-state index in [9.17, 15) is 4.79 Å². The average molecular weight is 271 g/mol. The molecule has 1 N–H and O–H groups in total. The Hall–Kier alpha value is -0.900. The fourth-order valence-electron chi connectivity index (χ4n) is 1.20. The summed E-state index contributed by atoms with van der Waals surface area (Å²) in [5.74, 6) is -0.104. The van der Waals surface area contributed by atoms with Crippen LogP contribution in [0.5, 0.6) is 0 Å². The van der Waals surface area contributed by atoms with E-state index >= 15 is 0 Å². The van der Waals surface area contributed by atoms with E-state index in [0.29, 0.717) is 5.69 Å². The van der Waals surface area contributed by atoms with Crippen LogP contribution in [0, 0.1) is 0 Å². The topological polar surface area (TPSA) is 42.0 Å². The number of amides is 1. The van der Waals surface area contributed by atoms with Crippen molar-refractivity contribution in [3.05, 3.63) is 28.5 Å². The maximum atomic E-state index is 11.6. The van der Waals surface area contributed by atoms with Gasteiger partial charge in [0.15, 0.2) is 0 Å². The van der Waals surface area contributed by atoms with E-state index in [4.69, 9.17) is 0 Å². The summed E-state index contributed by atoms with van der Waals surface area (Å²) < 4.78 is 0.871. The highest BCUT2D eigenvalue weighted by Crippen LogP contribution is 2.08. The molecule has 0 radical (unpaired) electrons. The Morgan fingerprint density at radius 2 is 2.33 bits per heavy atom. The number of hydrogen-bond donors (Lipinski definition) is 1. The highest BCUT2D eigenvalue weighted by Gasteiger charge is 2.05. The monoisotopic (exact) mass is 270 g/mol. The van der Waals surface area contributed by atoms with Gasteiger partial charge in [0, 0.05) is 17.2 Å². The van der Waals surface area contributed by atoms with E-state index in [1.807, 2.05) is 0 Å². The summed E-state index contributed by atoms with van der Waals surface area (Å²) >= 11 is 3.30. The molecule has 82 valence electrons. The summed E-state index contributed by atoms with van der Waals surface area (Å²) in [6.45, 7) is 2.86. The molecule has 0 unspecified atom stereocenters. The zero-order chi connectivity index (χ0) is 11.1. The quantitative estimate of drug-likeness (QED) is 0.837. The number of aromatic nitrogens is 1. The number of nitrogens with one attached hydrogen (secondary N) is 1. The molecule has 0 aliphatic carbocycles. The molecule has 0 aromatic carbocycles. The number of unbranched alkanes of at least 4 members (excludes halogenated alkanes) is 2. The van der Waals surface area contributed by atoms with Crippen LogP contribution in [0.2, 0.25) is 0 Å². The first-order chi connectivity index (χ1) is 7.24. The van der Waals surface area contributed by atoms with Crippen LogP contribution in [0.15, 0.2) is 22.8 Å². The molecule has 0 fully saturated rings. The molecule has 0 aliphatic heterocycles. The number of nitrogens with zero attached hydrogens (tertiary/aromatic N) is 1. The van der Waals surface area contributed by atoms with Crippen molar-refractivity contribution in [3.63, 3.8) is 0 Å². The van der Waals surface area contributed by atoms with Gasteiger partial charge in [0.2, 0.25) is 0 Å². The first kappa shape index (κ1) is 12.2. The molecule has 1 amide bonds. The number of carbonyl (C=O) groups excluding carboxylic acids is 1. The first-order valence-electron chi connectivity index (χ1n) is 5.13. The van der Waals surface area contributed by atoms with Gasteiger partial charge < -0.3 is 5.32 Å². The molecule has 0 bridgehead atoms. The predicted molar refractivity (Wildman–Crippen MR) is 63.8 cm³/mol. The lowest BCUT2D eigenvalue weighted by Crippen LogP contribution is -2.25. The van der Waals surface area contributed by atoms with Crippen molar-refractivity contribution in [2.24, 2.45) is 0 Å². The van der Waals surface area contributed by atoms with Crippen molar-refractivity contribution >= 4 is 21.8 Å². The van der Waals surface area contributed by atoms with Gasteiger partial charge in [-0.15, -0.1) is 0 Å². The number of halogens is 1. The molecule has 4 heteroatoms. The van der Waals surface area contributed by atoms with E-state index in [2.05, 4.69) is 33.2 Å². The van der Waals surface area contributed by atoms with Crippen LogP contribution in [-0.2, 0) is 0 Å². The molecule has 0 atom stereocenters. The molecule has 0 aliphatic rings. The van der Waals surface area contributed by atoms with Crippen LogP contribution in [-0.4, -0.2) is 17.4 Å². The molecule has 3 nitrogen and oxygen atoms in total. The fraction of sp³-hybridized carbons (Fsp3) is 0.455. The maximum Gasteiger partial charge on any atom is 0.269 e. The SMILES string of the molecule is CCCCCNC(=O)c1cc(Br)ccn1. The minimum absolute atomic E-state index is 0.104. The Morgan fingerprint density at radius 1 is 1.53 bits per heavy atom. The minimum Gasteiger partial charge on any atom is -0.351 e. The minimum atomic E-state index is -0.104. The lowest BCUT2D eigenvalue weighted by Gasteiger charge is -2.03. The first-order valence-corrected chi connectivity index (χ1v) is 5.93. The molecule has 1 aromatic heterocycles. The largest absolute Gasteiger partial charge is 0.351 e. The van der Waals surface area contributed by atoms with Crippen LogP contribution < -0.4 is 5.32 Å². The summed E-state index contributed by atoms with van der Waals surface area (Å²) in [5, 5.41) is 2.84. The van der Waals surface area contributed by atoms with E-state index in [0.717, 1.165) is 30.3 Å². The van der Waals surface area contributed by atoms with Gasteiger partial charge in [-0.25, -0.2) is 0 Å². The molecule has 0 spiro atoms. The average Bonchev–Trinajstić information content (AvgIpc) is 2.24. The van der Waals surface area contributed by atoms with Gasteiger partial charge in [-0.2, -0.15) is 0 Å². The van der Waals surface area contributed by atoms with Crippen LogP contribution in [0.25, 0.3) is 0 Å². The second kappa shape index (κ2) is 6.56. The second-order valence-electron chi connectivity index (χ2n) is 3.32. The number of rotatable bonds is 5. The summed E-state index contributed by atoms with van der Waals surface area (Å²) in [5.41, 5.74) is 0.459. The van der Waals surface area contributed by atoms with Crippen LogP contribution in [0.4, 0.5) is 0 Å². The Morgan fingerprint density at radius 3 is 3.00 bits per heavy atom. The normalized spacial score (nSPS) is 10.0. The standard InChI is InChI=1S/C11H15BrN2O/c1-2-3-4-6-14-11(15)10-8-9(12)5-7-13-10/h5,7-8H,2-4,6H2,1H3,(H,14,15). The van der Waals surface area contributed by atoms with Crippen LogP contribution in [0.3, 0.4) is 0 Å². The van der Waals surface area contributed by atoms with Gasteiger partial charge >= 0.3 is 0 Å². The third kappa shape index (κ3) is 4.42. The predicted octanol–water partition coefficient (Wildman–Crippen LogP) is 2.76.